The molecule has 6 heteroatoms. The Hall–Kier alpha value is -1.66. The van der Waals surface area contributed by atoms with Crippen molar-refractivity contribution < 1.29 is 9.53 Å². The second kappa shape index (κ2) is 7.49. The summed E-state index contributed by atoms with van der Waals surface area (Å²) in [5.74, 6) is 0.140. The SMILES string of the molecule is Cc1cccc(C)c1NC(=S)N1CCN(C(=O)C2CCCO2)CC1. The zero-order chi connectivity index (χ0) is 17.1. The minimum absolute atomic E-state index is 0.140. The quantitative estimate of drug-likeness (QED) is 0.832. The summed E-state index contributed by atoms with van der Waals surface area (Å²) in [6, 6.07) is 6.21. The molecule has 0 aliphatic carbocycles. The van der Waals surface area contributed by atoms with Crippen molar-refractivity contribution in [3.8, 4) is 0 Å². The summed E-state index contributed by atoms with van der Waals surface area (Å²) in [7, 11) is 0. The van der Waals surface area contributed by atoms with E-state index in [0.29, 0.717) is 19.7 Å². The number of carbonyl (C=O) groups excluding carboxylic acids is 1. The number of hydrogen-bond acceptors (Lipinski definition) is 3. The van der Waals surface area contributed by atoms with Crippen molar-refractivity contribution in [2.24, 2.45) is 0 Å². The summed E-state index contributed by atoms with van der Waals surface area (Å²) in [5, 5.41) is 4.11. The number of nitrogens with zero attached hydrogens (tertiary/aromatic N) is 2. The van der Waals surface area contributed by atoms with Crippen LogP contribution in [0.5, 0.6) is 0 Å². The topological polar surface area (TPSA) is 44.8 Å². The lowest BCUT2D eigenvalue weighted by Crippen LogP contribution is -2.53. The van der Waals surface area contributed by atoms with E-state index >= 15 is 0 Å². The summed E-state index contributed by atoms with van der Waals surface area (Å²) in [5.41, 5.74) is 3.45. The van der Waals surface area contributed by atoms with Crippen molar-refractivity contribution >= 4 is 28.9 Å². The molecule has 2 heterocycles. The zero-order valence-electron chi connectivity index (χ0n) is 14.4. The van der Waals surface area contributed by atoms with E-state index in [1.165, 1.54) is 11.1 Å². The van der Waals surface area contributed by atoms with Crippen LogP contribution in [0.4, 0.5) is 5.69 Å². The Bertz CT molecular complexity index is 600. The number of anilines is 1. The highest BCUT2D eigenvalue weighted by atomic mass is 32.1. The van der Waals surface area contributed by atoms with Gasteiger partial charge in [0.25, 0.3) is 5.91 Å². The van der Waals surface area contributed by atoms with E-state index in [9.17, 15) is 4.79 Å². The van der Waals surface area contributed by atoms with Gasteiger partial charge in [0.2, 0.25) is 0 Å². The number of rotatable bonds is 2. The van der Waals surface area contributed by atoms with Gasteiger partial charge in [-0.15, -0.1) is 0 Å². The number of para-hydroxylation sites is 1. The van der Waals surface area contributed by atoms with Crippen LogP contribution in [-0.4, -0.2) is 59.7 Å². The molecule has 1 aromatic rings. The van der Waals surface area contributed by atoms with Gasteiger partial charge in [0.1, 0.15) is 6.10 Å². The highest BCUT2D eigenvalue weighted by Crippen LogP contribution is 2.21. The summed E-state index contributed by atoms with van der Waals surface area (Å²) in [6.07, 6.45) is 1.61. The van der Waals surface area contributed by atoms with Crippen molar-refractivity contribution in [3.05, 3.63) is 29.3 Å². The number of benzene rings is 1. The molecular weight excluding hydrogens is 322 g/mol. The Labute approximate surface area is 149 Å². The second-order valence-electron chi connectivity index (χ2n) is 6.51. The van der Waals surface area contributed by atoms with Gasteiger partial charge in [0, 0.05) is 38.5 Å². The first-order valence-electron chi connectivity index (χ1n) is 8.59. The molecular formula is C18H25N3O2S. The number of aryl methyl sites for hydroxylation is 2. The lowest BCUT2D eigenvalue weighted by molar-refractivity contribution is -0.142. The summed E-state index contributed by atoms with van der Waals surface area (Å²) >= 11 is 5.57. The molecule has 1 atom stereocenters. The van der Waals surface area contributed by atoms with E-state index in [1.807, 2.05) is 11.0 Å². The standard InChI is InChI=1S/C18H25N3O2S/c1-13-5-3-6-14(2)16(13)19-18(24)21-10-8-20(9-11-21)17(22)15-7-4-12-23-15/h3,5-6,15H,4,7-12H2,1-2H3,(H,19,24). The van der Waals surface area contributed by atoms with Gasteiger partial charge in [0.05, 0.1) is 0 Å². The highest BCUT2D eigenvalue weighted by molar-refractivity contribution is 7.80. The third-order valence-electron chi connectivity index (χ3n) is 4.80. The molecule has 1 unspecified atom stereocenters. The van der Waals surface area contributed by atoms with E-state index < -0.39 is 0 Å². The maximum absolute atomic E-state index is 12.4. The maximum Gasteiger partial charge on any atom is 0.251 e. The van der Waals surface area contributed by atoms with Gasteiger partial charge in [-0.05, 0) is 50.0 Å². The van der Waals surface area contributed by atoms with Crippen LogP contribution in [0.25, 0.3) is 0 Å². The first-order valence-corrected chi connectivity index (χ1v) is 8.99. The number of carbonyl (C=O) groups is 1. The summed E-state index contributed by atoms with van der Waals surface area (Å²) in [4.78, 5) is 16.4. The molecule has 0 saturated carbocycles. The van der Waals surface area contributed by atoms with E-state index in [-0.39, 0.29) is 12.0 Å². The third-order valence-corrected chi connectivity index (χ3v) is 5.16. The number of nitrogens with one attached hydrogen (secondary N) is 1. The van der Waals surface area contributed by atoms with Crippen LogP contribution < -0.4 is 5.32 Å². The smallest absolute Gasteiger partial charge is 0.251 e. The Morgan fingerprint density at radius 2 is 1.79 bits per heavy atom. The first kappa shape index (κ1) is 17.2. The molecule has 0 spiro atoms. The van der Waals surface area contributed by atoms with E-state index in [0.717, 1.165) is 36.7 Å². The van der Waals surface area contributed by atoms with Crippen molar-refractivity contribution in [2.45, 2.75) is 32.8 Å². The molecule has 0 bridgehead atoms. The van der Waals surface area contributed by atoms with Gasteiger partial charge in [0.15, 0.2) is 5.11 Å². The van der Waals surface area contributed by atoms with Gasteiger partial charge in [-0.2, -0.15) is 0 Å². The predicted molar refractivity (Wildman–Crippen MR) is 99.3 cm³/mol. The van der Waals surface area contributed by atoms with E-state index in [1.54, 1.807) is 0 Å². The first-order chi connectivity index (χ1) is 11.6. The maximum atomic E-state index is 12.4. The second-order valence-corrected chi connectivity index (χ2v) is 6.90. The fourth-order valence-electron chi connectivity index (χ4n) is 3.30. The van der Waals surface area contributed by atoms with Crippen LogP contribution in [0.15, 0.2) is 18.2 Å². The van der Waals surface area contributed by atoms with Crippen LogP contribution in [0.2, 0.25) is 0 Å². The lowest BCUT2D eigenvalue weighted by Gasteiger charge is -2.37. The minimum Gasteiger partial charge on any atom is -0.368 e. The lowest BCUT2D eigenvalue weighted by atomic mass is 10.1. The Morgan fingerprint density at radius 3 is 2.38 bits per heavy atom. The van der Waals surface area contributed by atoms with Crippen LogP contribution in [0.3, 0.4) is 0 Å². The molecule has 2 fully saturated rings. The van der Waals surface area contributed by atoms with Crippen LogP contribution >= 0.6 is 12.2 Å². The Morgan fingerprint density at radius 1 is 1.17 bits per heavy atom. The van der Waals surface area contributed by atoms with Gasteiger partial charge < -0.3 is 19.9 Å². The molecule has 1 amide bonds. The molecule has 2 saturated heterocycles. The van der Waals surface area contributed by atoms with Gasteiger partial charge in [-0.1, -0.05) is 18.2 Å². The molecule has 130 valence electrons. The number of ether oxygens (including phenoxy) is 1. The Kier molecular flexibility index (Phi) is 5.36. The minimum atomic E-state index is -0.226. The number of thiocarbonyl (C=S) groups is 1. The molecule has 1 N–H and O–H groups in total. The molecule has 3 rings (SSSR count). The van der Waals surface area contributed by atoms with Gasteiger partial charge in [-0.25, -0.2) is 0 Å². The van der Waals surface area contributed by atoms with E-state index in [4.69, 9.17) is 17.0 Å². The van der Waals surface area contributed by atoms with Gasteiger partial charge >= 0.3 is 0 Å². The fourth-order valence-corrected chi connectivity index (χ4v) is 3.59. The number of amides is 1. The van der Waals surface area contributed by atoms with Crippen LogP contribution in [0.1, 0.15) is 24.0 Å². The normalized spacial score (nSPS) is 21.0. The molecule has 2 aliphatic heterocycles. The van der Waals surface area contributed by atoms with Crippen molar-refractivity contribution in [3.63, 3.8) is 0 Å². The zero-order valence-corrected chi connectivity index (χ0v) is 15.2. The van der Waals surface area contributed by atoms with Crippen LogP contribution in [0, 0.1) is 13.8 Å². The highest BCUT2D eigenvalue weighted by Gasteiger charge is 2.30. The monoisotopic (exact) mass is 347 g/mol. The predicted octanol–water partition coefficient (Wildman–Crippen LogP) is 2.32. The molecule has 2 aliphatic rings. The molecule has 0 radical (unpaired) electrons. The number of hydrogen-bond donors (Lipinski definition) is 1. The average molecular weight is 347 g/mol. The molecule has 24 heavy (non-hydrogen) atoms. The van der Waals surface area contributed by atoms with Crippen molar-refractivity contribution in [2.75, 3.05) is 38.1 Å². The van der Waals surface area contributed by atoms with Gasteiger partial charge in [-0.3, -0.25) is 4.79 Å². The summed E-state index contributed by atoms with van der Waals surface area (Å²) < 4.78 is 5.50. The Balaban J connectivity index is 1.54. The molecule has 5 nitrogen and oxygen atoms in total. The van der Waals surface area contributed by atoms with E-state index in [2.05, 4.69) is 36.2 Å². The third kappa shape index (κ3) is 3.70. The van der Waals surface area contributed by atoms with Crippen LogP contribution in [-0.2, 0) is 9.53 Å². The molecule has 0 aromatic heterocycles. The van der Waals surface area contributed by atoms with Crippen molar-refractivity contribution in [1.82, 2.24) is 9.80 Å². The largest absolute Gasteiger partial charge is 0.368 e. The number of piperazine rings is 1. The summed E-state index contributed by atoms with van der Waals surface area (Å²) in [6.45, 7) is 7.79. The van der Waals surface area contributed by atoms with Crippen molar-refractivity contribution in [1.29, 1.82) is 0 Å². The average Bonchev–Trinajstić information content (AvgIpc) is 3.12. The molecule has 1 aromatic carbocycles. The fraction of sp³-hybridized carbons (Fsp3) is 0.556.